The summed E-state index contributed by atoms with van der Waals surface area (Å²) in [4.78, 5) is 12.7. The Labute approximate surface area is 151 Å². The van der Waals surface area contributed by atoms with Gasteiger partial charge in [0.2, 0.25) is 15.9 Å². The summed E-state index contributed by atoms with van der Waals surface area (Å²) in [5, 5.41) is 2.93. The molecule has 8 heteroatoms. The molecule has 25 heavy (non-hydrogen) atoms. The van der Waals surface area contributed by atoms with E-state index in [0.29, 0.717) is 10.7 Å². The lowest BCUT2D eigenvalue weighted by molar-refractivity contribution is -0.117. The zero-order valence-electron chi connectivity index (χ0n) is 13.7. The number of carbonyl (C=O) groups is 1. The number of anilines is 2. The monoisotopic (exact) mass is 384 g/mol. The first-order valence-corrected chi connectivity index (χ1v) is 9.77. The van der Waals surface area contributed by atoms with Crippen LogP contribution in [0.5, 0.6) is 0 Å². The predicted octanol–water partition coefficient (Wildman–Crippen LogP) is 3.66. The third-order valence-corrected chi connectivity index (χ3v) is 5.05. The van der Waals surface area contributed by atoms with Crippen LogP contribution in [0.3, 0.4) is 0 Å². The van der Waals surface area contributed by atoms with Crippen LogP contribution < -0.4 is 9.62 Å². The van der Waals surface area contributed by atoms with Crippen molar-refractivity contribution in [2.24, 2.45) is 0 Å². The Bertz CT molecular complexity index is 874. The highest BCUT2D eigenvalue weighted by Crippen LogP contribution is 2.27. The van der Waals surface area contributed by atoms with Crippen LogP contribution in [0, 0.1) is 5.82 Å². The number of carbonyl (C=O) groups excluding carboxylic acids is 1. The Morgan fingerprint density at radius 1 is 1.20 bits per heavy atom. The van der Waals surface area contributed by atoms with E-state index in [1.165, 1.54) is 18.2 Å². The number of amides is 1. The molecule has 0 saturated carbocycles. The number of rotatable bonds is 6. The molecule has 1 atom stereocenters. The van der Waals surface area contributed by atoms with Crippen LogP contribution in [0.15, 0.2) is 48.5 Å². The summed E-state index contributed by atoms with van der Waals surface area (Å²) in [6, 6.07) is 10.9. The van der Waals surface area contributed by atoms with E-state index in [0.717, 1.165) is 16.6 Å². The molecule has 0 heterocycles. The molecule has 5 nitrogen and oxygen atoms in total. The van der Waals surface area contributed by atoms with Crippen LogP contribution in [-0.2, 0) is 14.8 Å². The molecular formula is C17H18ClFN2O3S. The first-order valence-electron chi connectivity index (χ1n) is 7.55. The maximum Gasteiger partial charge on any atom is 0.248 e. The zero-order valence-corrected chi connectivity index (χ0v) is 15.3. The second kappa shape index (κ2) is 7.84. The molecule has 0 aliphatic carbocycles. The Kier molecular flexibility index (Phi) is 6.02. The fourth-order valence-corrected chi connectivity index (χ4v) is 3.84. The van der Waals surface area contributed by atoms with Gasteiger partial charge in [-0.05, 0) is 30.7 Å². The van der Waals surface area contributed by atoms with Crippen molar-refractivity contribution in [1.82, 2.24) is 0 Å². The van der Waals surface area contributed by atoms with Gasteiger partial charge in [0.15, 0.2) is 0 Å². The van der Waals surface area contributed by atoms with Gasteiger partial charge in [-0.15, -0.1) is 0 Å². The molecule has 1 N–H and O–H groups in total. The number of sulfonamides is 1. The summed E-state index contributed by atoms with van der Waals surface area (Å²) < 4.78 is 39.5. The summed E-state index contributed by atoms with van der Waals surface area (Å²) in [5.41, 5.74) is 0.181. The maximum atomic E-state index is 14.2. The van der Waals surface area contributed by atoms with E-state index < -0.39 is 27.8 Å². The molecule has 0 bridgehead atoms. The smallest absolute Gasteiger partial charge is 0.248 e. The highest BCUT2D eigenvalue weighted by Gasteiger charge is 2.33. The molecule has 134 valence electrons. The zero-order chi connectivity index (χ0) is 18.6. The van der Waals surface area contributed by atoms with Crippen LogP contribution in [0.2, 0.25) is 5.02 Å². The van der Waals surface area contributed by atoms with Crippen molar-refractivity contribution in [2.75, 3.05) is 15.9 Å². The third-order valence-electron chi connectivity index (χ3n) is 3.55. The van der Waals surface area contributed by atoms with Gasteiger partial charge in [0, 0.05) is 0 Å². The number of hydrogen-bond acceptors (Lipinski definition) is 3. The molecule has 0 radical (unpaired) electrons. The van der Waals surface area contributed by atoms with E-state index in [4.69, 9.17) is 11.6 Å². The summed E-state index contributed by atoms with van der Waals surface area (Å²) >= 11 is 6.02. The van der Waals surface area contributed by atoms with E-state index in [-0.39, 0.29) is 12.1 Å². The molecule has 0 spiro atoms. The van der Waals surface area contributed by atoms with Crippen molar-refractivity contribution in [3.05, 3.63) is 59.4 Å². The molecule has 0 saturated heterocycles. The van der Waals surface area contributed by atoms with Gasteiger partial charge in [-0.3, -0.25) is 9.10 Å². The topological polar surface area (TPSA) is 66.5 Å². The number of hydrogen-bond donors (Lipinski definition) is 1. The van der Waals surface area contributed by atoms with Crippen molar-refractivity contribution in [3.63, 3.8) is 0 Å². The number of nitrogens with one attached hydrogen (secondary N) is 1. The van der Waals surface area contributed by atoms with E-state index in [1.807, 2.05) is 0 Å². The highest BCUT2D eigenvalue weighted by atomic mass is 35.5. The molecule has 0 unspecified atom stereocenters. The van der Waals surface area contributed by atoms with Crippen molar-refractivity contribution >= 4 is 38.9 Å². The Morgan fingerprint density at radius 3 is 2.36 bits per heavy atom. The van der Waals surface area contributed by atoms with Crippen LogP contribution in [0.1, 0.15) is 13.3 Å². The van der Waals surface area contributed by atoms with Gasteiger partial charge in [-0.1, -0.05) is 42.8 Å². The number of halogens is 2. The van der Waals surface area contributed by atoms with Gasteiger partial charge in [0.05, 0.1) is 22.7 Å². The Balaban J connectivity index is 2.42. The lowest BCUT2D eigenvalue weighted by atomic mass is 10.1. The van der Waals surface area contributed by atoms with Crippen LogP contribution in [0.4, 0.5) is 15.8 Å². The first-order chi connectivity index (χ1) is 11.8. The quantitative estimate of drug-likeness (QED) is 0.826. The van der Waals surface area contributed by atoms with Crippen molar-refractivity contribution in [2.45, 2.75) is 19.4 Å². The molecule has 2 rings (SSSR count). The summed E-state index contributed by atoms with van der Waals surface area (Å²) in [7, 11) is -3.90. The SMILES string of the molecule is CC[C@@H](C(=O)Nc1ccccc1Cl)N(c1ccccc1F)S(C)(=O)=O. The summed E-state index contributed by atoms with van der Waals surface area (Å²) in [6.45, 7) is 1.65. The van der Waals surface area contributed by atoms with Crippen LogP contribution in [-0.4, -0.2) is 26.6 Å². The van der Waals surface area contributed by atoms with Gasteiger partial charge >= 0.3 is 0 Å². The van der Waals surface area contributed by atoms with Gasteiger partial charge in [-0.2, -0.15) is 0 Å². The van der Waals surface area contributed by atoms with E-state index in [2.05, 4.69) is 5.32 Å². The maximum absolute atomic E-state index is 14.2. The van der Waals surface area contributed by atoms with E-state index in [1.54, 1.807) is 31.2 Å². The highest BCUT2D eigenvalue weighted by molar-refractivity contribution is 7.92. The molecule has 1 amide bonds. The predicted molar refractivity (Wildman–Crippen MR) is 97.9 cm³/mol. The molecule has 0 aliphatic heterocycles. The van der Waals surface area contributed by atoms with Crippen molar-refractivity contribution in [1.29, 1.82) is 0 Å². The van der Waals surface area contributed by atoms with Crippen LogP contribution >= 0.6 is 11.6 Å². The molecule has 0 aromatic heterocycles. The van der Waals surface area contributed by atoms with Gasteiger partial charge in [0.1, 0.15) is 11.9 Å². The molecular weight excluding hydrogens is 367 g/mol. The normalized spacial score (nSPS) is 12.5. The lowest BCUT2D eigenvalue weighted by Gasteiger charge is -2.30. The number of benzene rings is 2. The second-order valence-corrected chi connectivity index (χ2v) is 7.67. The van der Waals surface area contributed by atoms with Gasteiger partial charge < -0.3 is 5.32 Å². The fraction of sp³-hybridized carbons (Fsp3) is 0.235. The Hall–Kier alpha value is -2.12. The minimum absolute atomic E-state index is 0.150. The average molecular weight is 385 g/mol. The first kappa shape index (κ1) is 19.2. The molecule has 0 aliphatic rings. The standard InChI is InChI=1S/C17H18ClFN2O3S/c1-3-15(17(22)20-14-10-6-4-8-12(14)18)21(25(2,23)24)16-11-7-5-9-13(16)19/h4-11,15H,3H2,1-2H3,(H,20,22)/t15-/m0/s1. The molecule has 2 aromatic rings. The molecule has 2 aromatic carbocycles. The third kappa shape index (κ3) is 4.49. The van der Waals surface area contributed by atoms with Crippen molar-refractivity contribution in [3.8, 4) is 0 Å². The summed E-state index contributed by atoms with van der Waals surface area (Å²) in [5.74, 6) is -1.32. The average Bonchev–Trinajstić information content (AvgIpc) is 2.54. The van der Waals surface area contributed by atoms with E-state index in [9.17, 15) is 17.6 Å². The number of nitrogens with zero attached hydrogens (tertiary/aromatic N) is 1. The lowest BCUT2D eigenvalue weighted by Crippen LogP contribution is -2.47. The van der Waals surface area contributed by atoms with Gasteiger partial charge in [-0.25, -0.2) is 12.8 Å². The van der Waals surface area contributed by atoms with E-state index >= 15 is 0 Å². The fourth-order valence-electron chi connectivity index (χ4n) is 2.44. The summed E-state index contributed by atoms with van der Waals surface area (Å²) in [6.07, 6.45) is 1.09. The molecule has 0 fully saturated rings. The van der Waals surface area contributed by atoms with Crippen LogP contribution in [0.25, 0.3) is 0 Å². The van der Waals surface area contributed by atoms with Gasteiger partial charge in [0.25, 0.3) is 0 Å². The minimum atomic E-state index is -3.90. The van der Waals surface area contributed by atoms with Crippen molar-refractivity contribution < 1.29 is 17.6 Å². The number of para-hydroxylation sites is 2. The minimum Gasteiger partial charge on any atom is -0.323 e. The largest absolute Gasteiger partial charge is 0.323 e. The Morgan fingerprint density at radius 2 is 1.80 bits per heavy atom. The second-order valence-electron chi connectivity index (χ2n) is 5.40.